The molecule has 0 unspecified atom stereocenters. The zero-order chi connectivity index (χ0) is 27.7. The number of carbonyl (C=O) groups is 2. The molecule has 2 N–H and O–H groups in total. The summed E-state index contributed by atoms with van der Waals surface area (Å²) in [6.45, 7) is 15.0. The third kappa shape index (κ3) is 10.9. The predicted molar refractivity (Wildman–Crippen MR) is 151 cm³/mol. The number of aromatic carboxylic acids is 2. The van der Waals surface area contributed by atoms with Crippen molar-refractivity contribution >= 4 is 23.1 Å². The van der Waals surface area contributed by atoms with Crippen LogP contribution in [-0.2, 0) is 11.2 Å². The van der Waals surface area contributed by atoms with E-state index in [1.165, 1.54) is 118 Å². The first-order valence-corrected chi connectivity index (χ1v) is 14.8. The number of hydrogen-bond donors (Lipinski definition) is 2. The van der Waals surface area contributed by atoms with Crippen LogP contribution in [0, 0.1) is 0 Å². The van der Waals surface area contributed by atoms with Gasteiger partial charge in [-0.2, -0.15) is 0 Å². The summed E-state index contributed by atoms with van der Waals surface area (Å²) in [5.74, 6) is -2.41. The topological polar surface area (TPSA) is 97.7 Å². The van der Waals surface area contributed by atoms with E-state index < -0.39 is 23.1 Å². The Morgan fingerprint density at radius 3 is 1.22 bits per heavy atom. The van der Waals surface area contributed by atoms with E-state index in [0.29, 0.717) is 0 Å². The summed E-state index contributed by atoms with van der Waals surface area (Å²) in [5, 5.41) is 18.2. The number of benzene rings is 2. The van der Waals surface area contributed by atoms with Crippen LogP contribution in [0.3, 0.4) is 0 Å². The maximum absolute atomic E-state index is 12.5. The Morgan fingerprint density at radius 1 is 0.649 bits per heavy atom. The van der Waals surface area contributed by atoms with Crippen molar-refractivity contribution in [3.05, 3.63) is 59.7 Å². The predicted octanol–water partition coefficient (Wildman–Crippen LogP) is 7.25. The average Bonchev–Trinajstić information content (AvgIpc) is 2.92. The maximum atomic E-state index is 12.5. The van der Waals surface area contributed by atoms with Crippen molar-refractivity contribution in [1.29, 1.82) is 0 Å². The van der Waals surface area contributed by atoms with Crippen LogP contribution < -0.4 is 0 Å². The first-order chi connectivity index (χ1) is 17.8. The van der Waals surface area contributed by atoms with E-state index in [9.17, 15) is 14.1 Å². The fourth-order valence-corrected chi connectivity index (χ4v) is 5.72. The lowest BCUT2D eigenvalue weighted by Gasteiger charge is -2.39. The van der Waals surface area contributed by atoms with Crippen LogP contribution in [0.15, 0.2) is 58.3 Å². The first kappa shape index (κ1) is 32.7. The Balaban J connectivity index is 0.000000377. The number of carboxylic acid groups (broad SMARTS) is 2. The molecule has 0 aromatic heterocycles. The van der Waals surface area contributed by atoms with E-state index in [-0.39, 0.29) is 20.9 Å². The van der Waals surface area contributed by atoms with Gasteiger partial charge in [0.2, 0.25) is 0 Å². The van der Waals surface area contributed by atoms with Crippen molar-refractivity contribution in [3.8, 4) is 0 Å². The number of unbranched alkanes of at least 4 members (excludes halogenated alkanes) is 4. The Kier molecular flexibility index (Phi) is 15.9. The normalized spacial score (nSPS) is 11.2. The zero-order valence-electron chi connectivity index (χ0n) is 23.1. The molecule has 6 nitrogen and oxygen atoms in total. The second-order valence-corrected chi connectivity index (χ2v) is 10.9. The maximum Gasteiger partial charge on any atom is 0.340 e. The number of carboxylic acids is 2. The molecule has 0 aliphatic carbocycles. The molecule has 0 fully saturated rings. The van der Waals surface area contributed by atoms with E-state index in [1.54, 1.807) is 12.1 Å². The molecule has 2 aromatic rings. The van der Waals surface area contributed by atoms with Crippen molar-refractivity contribution in [3.63, 3.8) is 0 Å². The van der Waals surface area contributed by atoms with Crippen LogP contribution in [0.2, 0.25) is 0 Å². The molecule has 0 saturated carbocycles. The smallest absolute Gasteiger partial charge is 0.340 e. The van der Waals surface area contributed by atoms with Gasteiger partial charge in [-0.25, -0.2) is 9.59 Å². The quantitative estimate of drug-likeness (QED) is 0.175. The van der Waals surface area contributed by atoms with Crippen LogP contribution in [0.1, 0.15) is 99.8 Å². The van der Waals surface area contributed by atoms with Gasteiger partial charge in [0, 0.05) is 11.2 Å². The Bertz CT molecular complexity index is 854. The molecule has 0 aliphatic rings. The van der Waals surface area contributed by atoms with Gasteiger partial charge in [-0.1, -0.05) is 77.6 Å². The van der Waals surface area contributed by atoms with E-state index in [1.807, 2.05) is 0 Å². The SMILES string of the molecule is CCCC[N+](CCCC)(CCCC)CCCC.O=C(O)c1ccccc1[S+]([O-])c1ccccc1C(=O)O. The number of quaternary nitrogens is 1. The van der Waals surface area contributed by atoms with Crippen molar-refractivity contribution in [2.75, 3.05) is 26.2 Å². The molecule has 0 aliphatic heterocycles. The van der Waals surface area contributed by atoms with E-state index in [2.05, 4.69) is 27.7 Å². The van der Waals surface area contributed by atoms with Crippen LogP contribution in [0.4, 0.5) is 0 Å². The first-order valence-electron chi connectivity index (χ1n) is 13.7. The third-order valence-corrected chi connectivity index (χ3v) is 8.09. The molecule has 0 saturated heterocycles. The van der Waals surface area contributed by atoms with E-state index in [0.717, 1.165) is 0 Å². The summed E-state index contributed by atoms with van der Waals surface area (Å²) < 4.78 is 13.9. The summed E-state index contributed by atoms with van der Waals surface area (Å²) >= 11 is -1.87. The highest BCUT2D eigenvalue weighted by atomic mass is 32.2. The molecule has 0 radical (unpaired) electrons. The largest absolute Gasteiger partial charge is 0.606 e. The molecule has 37 heavy (non-hydrogen) atoms. The minimum atomic E-state index is -1.87. The van der Waals surface area contributed by atoms with Crippen molar-refractivity contribution in [2.45, 2.75) is 88.9 Å². The Labute approximate surface area is 226 Å². The molecule has 0 heterocycles. The summed E-state index contributed by atoms with van der Waals surface area (Å²) in [4.78, 5) is 22.4. The Morgan fingerprint density at radius 2 is 0.946 bits per heavy atom. The fourth-order valence-electron chi connectivity index (χ4n) is 4.37. The zero-order valence-corrected chi connectivity index (χ0v) is 23.9. The van der Waals surface area contributed by atoms with Gasteiger partial charge in [0.15, 0.2) is 9.79 Å². The molecule has 206 valence electrons. The second kappa shape index (κ2) is 18.0. The molecule has 0 bridgehead atoms. The third-order valence-electron chi connectivity index (χ3n) is 6.58. The fraction of sp³-hybridized carbons (Fsp3) is 0.533. The monoisotopic (exact) mass is 532 g/mol. The lowest BCUT2D eigenvalue weighted by Crippen LogP contribution is -2.50. The van der Waals surface area contributed by atoms with Gasteiger partial charge in [0.05, 0.1) is 26.2 Å². The summed E-state index contributed by atoms with van der Waals surface area (Å²) in [7, 11) is 0. The molecule has 7 heteroatoms. The van der Waals surface area contributed by atoms with Crippen molar-refractivity contribution in [1.82, 2.24) is 0 Å². The van der Waals surface area contributed by atoms with E-state index >= 15 is 0 Å². The van der Waals surface area contributed by atoms with Gasteiger partial charge in [-0.15, -0.1) is 0 Å². The van der Waals surface area contributed by atoms with E-state index in [4.69, 9.17) is 10.2 Å². The number of nitrogens with zero attached hydrogens (tertiary/aromatic N) is 1. The summed E-state index contributed by atoms with van der Waals surface area (Å²) in [6, 6.07) is 11.7. The van der Waals surface area contributed by atoms with Gasteiger partial charge in [0.25, 0.3) is 0 Å². The van der Waals surface area contributed by atoms with Crippen LogP contribution in [0.25, 0.3) is 0 Å². The average molecular weight is 533 g/mol. The molecular formula is C30H46NO5S+. The van der Waals surface area contributed by atoms with Crippen molar-refractivity contribution in [2.24, 2.45) is 0 Å². The van der Waals surface area contributed by atoms with Crippen LogP contribution in [-0.4, -0.2) is 57.4 Å². The van der Waals surface area contributed by atoms with Gasteiger partial charge in [-0.05, 0) is 49.9 Å². The lowest BCUT2D eigenvalue weighted by molar-refractivity contribution is -0.929. The Hall–Kier alpha value is -2.35. The minimum absolute atomic E-state index is 0.0775. The standard InChI is InChI=1S/C16H36N.C14H10O5S/c1-5-9-13-17(14-10-6-2,15-11-7-3)16-12-8-4;15-13(16)9-5-1-3-7-11(9)20(19)12-8-4-2-6-10(12)14(17)18/h5-16H2,1-4H3;1-8H,(H,15,16)(H,17,18)/q+1;. The molecule has 2 rings (SSSR count). The molecule has 0 atom stereocenters. The summed E-state index contributed by atoms with van der Waals surface area (Å²) in [5.41, 5.74) is -0.211. The van der Waals surface area contributed by atoms with Gasteiger partial charge in [0.1, 0.15) is 11.1 Å². The number of hydrogen-bond acceptors (Lipinski definition) is 3. The molecule has 0 amide bonds. The van der Waals surface area contributed by atoms with Crippen LogP contribution >= 0.6 is 0 Å². The highest BCUT2D eigenvalue weighted by Gasteiger charge is 2.27. The molecule has 2 aromatic carbocycles. The lowest BCUT2D eigenvalue weighted by atomic mass is 10.1. The van der Waals surface area contributed by atoms with Crippen LogP contribution in [0.5, 0.6) is 0 Å². The summed E-state index contributed by atoms with van der Waals surface area (Å²) in [6.07, 6.45) is 11.1. The molecular weight excluding hydrogens is 486 g/mol. The minimum Gasteiger partial charge on any atom is -0.606 e. The molecule has 0 spiro atoms. The highest BCUT2D eigenvalue weighted by Crippen LogP contribution is 2.27. The van der Waals surface area contributed by atoms with Crippen molar-refractivity contribution < 1.29 is 28.8 Å². The van der Waals surface area contributed by atoms with Gasteiger partial charge >= 0.3 is 11.9 Å². The highest BCUT2D eigenvalue weighted by molar-refractivity contribution is 7.91. The van der Waals surface area contributed by atoms with Gasteiger partial charge in [-0.3, -0.25) is 0 Å². The van der Waals surface area contributed by atoms with Gasteiger partial charge < -0.3 is 19.2 Å². The number of rotatable bonds is 16. The second-order valence-electron chi connectivity index (χ2n) is 9.52.